The normalized spacial score (nSPS) is 11.2. The summed E-state index contributed by atoms with van der Waals surface area (Å²) in [6.45, 7) is 0. The number of ether oxygens (including phenoxy) is 1. The van der Waals surface area contributed by atoms with Gasteiger partial charge in [0, 0.05) is 11.8 Å². The van der Waals surface area contributed by atoms with Crippen molar-refractivity contribution in [3.8, 4) is 5.75 Å². The van der Waals surface area contributed by atoms with E-state index in [1.165, 1.54) is 0 Å². The van der Waals surface area contributed by atoms with Crippen molar-refractivity contribution in [3.63, 3.8) is 0 Å². The Morgan fingerprint density at radius 3 is 2.56 bits per heavy atom. The van der Waals surface area contributed by atoms with E-state index in [1.54, 1.807) is 0 Å². The molecule has 4 nitrogen and oxygen atoms in total. The van der Waals surface area contributed by atoms with E-state index >= 15 is 0 Å². The van der Waals surface area contributed by atoms with Crippen molar-refractivity contribution < 1.29 is 22.7 Å². The summed E-state index contributed by atoms with van der Waals surface area (Å²) in [7, 11) is 0. The molecule has 0 unspecified atom stereocenters. The van der Waals surface area contributed by atoms with Crippen molar-refractivity contribution in [2.45, 2.75) is 12.2 Å². The van der Waals surface area contributed by atoms with Gasteiger partial charge < -0.3 is 9.72 Å². The number of carbonyl (C=O) groups excluding carboxylic acids is 1. The maximum atomic E-state index is 11.9. The zero-order valence-electron chi connectivity index (χ0n) is 7.60. The first-order valence-electron chi connectivity index (χ1n) is 3.90. The van der Waals surface area contributed by atoms with Crippen LogP contribution in [-0.4, -0.2) is 17.6 Å². The number of hydrogen-bond donors (Lipinski definition) is 1. The fourth-order valence-electron chi connectivity index (χ4n) is 1.04. The van der Waals surface area contributed by atoms with Gasteiger partial charge in [0.1, 0.15) is 5.75 Å². The number of nitrogens with one attached hydrogen (secondary N) is 1. The smallest absolute Gasteiger partial charge is 0.405 e. The molecule has 0 amide bonds. The lowest BCUT2D eigenvalue weighted by atomic mass is 10.2. The van der Waals surface area contributed by atoms with E-state index in [0.29, 0.717) is 6.07 Å². The fraction of sp³-hybridized carbons (Fsp3) is 0.250. The first-order valence-corrected chi connectivity index (χ1v) is 4.44. The van der Waals surface area contributed by atoms with Crippen molar-refractivity contribution in [2.75, 3.05) is 0 Å². The summed E-state index contributed by atoms with van der Waals surface area (Å²) >= 11 is 5.36. The summed E-state index contributed by atoms with van der Waals surface area (Å²) in [5.41, 5.74) is -1.38. The predicted octanol–water partition coefficient (Wildman–Crippen LogP) is 1.82. The summed E-state index contributed by atoms with van der Waals surface area (Å²) in [5, 5.41) is 0. The standard InChI is InChI=1S/C8H5ClF3NO3/c9-2-5-4(3-14)6(1-7(15)13-5)16-8(10,11)12/h1,3H,2H2,(H,13,15). The monoisotopic (exact) mass is 255 g/mol. The number of H-pyrrole nitrogens is 1. The summed E-state index contributed by atoms with van der Waals surface area (Å²) in [5.74, 6) is -1.17. The summed E-state index contributed by atoms with van der Waals surface area (Å²) in [6, 6.07) is 0.535. The van der Waals surface area contributed by atoms with Gasteiger partial charge in [0.25, 0.3) is 5.56 Å². The third-order valence-corrected chi connectivity index (χ3v) is 1.87. The SMILES string of the molecule is O=Cc1c(OC(F)(F)F)cc(=O)[nH]c1CCl. The molecule has 88 valence electrons. The van der Waals surface area contributed by atoms with Crippen LogP contribution >= 0.6 is 11.6 Å². The molecule has 0 bridgehead atoms. The van der Waals surface area contributed by atoms with Gasteiger partial charge in [-0.1, -0.05) is 0 Å². The van der Waals surface area contributed by atoms with Crippen molar-refractivity contribution >= 4 is 17.9 Å². The van der Waals surface area contributed by atoms with Gasteiger partial charge in [-0.2, -0.15) is 0 Å². The Hall–Kier alpha value is -1.50. The Labute approximate surface area is 92.0 Å². The van der Waals surface area contributed by atoms with Crippen LogP contribution in [0.15, 0.2) is 10.9 Å². The van der Waals surface area contributed by atoms with Crippen molar-refractivity contribution in [3.05, 3.63) is 27.7 Å². The largest absolute Gasteiger partial charge is 0.573 e. The lowest BCUT2D eigenvalue weighted by Gasteiger charge is -2.11. The first-order chi connectivity index (χ1) is 7.37. The average molecular weight is 256 g/mol. The van der Waals surface area contributed by atoms with E-state index in [9.17, 15) is 22.8 Å². The highest BCUT2D eigenvalue weighted by Crippen LogP contribution is 2.25. The Morgan fingerprint density at radius 2 is 2.12 bits per heavy atom. The molecule has 1 N–H and O–H groups in total. The number of carbonyl (C=O) groups is 1. The number of aldehydes is 1. The van der Waals surface area contributed by atoms with Crippen LogP contribution in [0.5, 0.6) is 5.75 Å². The van der Waals surface area contributed by atoms with Gasteiger partial charge in [0.05, 0.1) is 11.4 Å². The molecule has 0 spiro atoms. The number of hydrogen-bond acceptors (Lipinski definition) is 3. The van der Waals surface area contributed by atoms with E-state index in [-0.39, 0.29) is 17.9 Å². The molecule has 0 aliphatic rings. The molecule has 1 aromatic heterocycles. The molecule has 1 aromatic rings. The number of rotatable bonds is 3. The second-order valence-electron chi connectivity index (χ2n) is 2.69. The quantitative estimate of drug-likeness (QED) is 0.662. The molecular formula is C8H5ClF3NO3. The third kappa shape index (κ3) is 2.99. The van der Waals surface area contributed by atoms with Gasteiger partial charge in [-0.25, -0.2) is 0 Å². The minimum Gasteiger partial charge on any atom is -0.405 e. The molecule has 1 heterocycles. The van der Waals surface area contributed by atoms with Crippen molar-refractivity contribution in [1.82, 2.24) is 4.98 Å². The van der Waals surface area contributed by atoms with E-state index in [2.05, 4.69) is 9.72 Å². The van der Waals surface area contributed by atoms with Gasteiger partial charge in [-0.3, -0.25) is 9.59 Å². The molecule has 8 heteroatoms. The molecule has 0 saturated heterocycles. The Kier molecular flexibility index (Phi) is 3.58. The van der Waals surface area contributed by atoms with E-state index in [4.69, 9.17) is 11.6 Å². The van der Waals surface area contributed by atoms with Gasteiger partial charge in [0.15, 0.2) is 6.29 Å². The van der Waals surface area contributed by atoms with Gasteiger partial charge in [-0.15, -0.1) is 24.8 Å². The number of alkyl halides is 4. The first kappa shape index (κ1) is 12.6. The lowest BCUT2D eigenvalue weighted by molar-refractivity contribution is -0.274. The van der Waals surface area contributed by atoms with Crippen LogP contribution in [0.1, 0.15) is 16.1 Å². The van der Waals surface area contributed by atoms with Crippen LogP contribution < -0.4 is 10.3 Å². The fourth-order valence-corrected chi connectivity index (χ4v) is 1.25. The Morgan fingerprint density at radius 1 is 1.50 bits per heavy atom. The zero-order valence-corrected chi connectivity index (χ0v) is 8.35. The van der Waals surface area contributed by atoms with Crippen molar-refractivity contribution in [2.24, 2.45) is 0 Å². The topological polar surface area (TPSA) is 59.2 Å². The molecule has 0 radical (unpaired) electrons. The molecule has 0 saturated carbocycles. The summed E-state index contributed by atoms with van der Waals surface area (Å²) in [6.07, 6.45) is -4.84. The molecular weight excluding hydrogens is 251 g/mol. The van der Waals surface area contributed by atoms with Crippen molar-refractivity contribution in [1.29, 1.82) is 0 Å². The van der Waals surface area contributed by atoms with Crippen LogP contribution in [-0.2, 0) is 5.88 Å². The number of aromatic amines is 1. The minimum absolute atomic E-state index is 0.122. The Balaban J connectivity index is 3.31. The highest BCUT2D eigenvalue weighted by Gasteiger charge is 2.32. The maximum Gasteiger partial charge on any atom is 0.573 e. The third-order valence-electron chi connectivity index (χ3n) is 1.60. The Bertz CT molecular complexity index is 455. The molecule has 0 aliphatic heterocycles. The number of halogens is 4. The second kappa shape index (κ2) is 4.56. The second-order valence-corrected chi connectivity index (χ2v) is 2.96. The van der Waals surface area contributed by atoms with E-state index in [0.717, 1.165) is 0 Å². The maximum absolute atomic E-state index is 11.9. The van der Waals surface area contributed by atoms with Crippen LogP contribution in [0, 0.1) is 0 Å². The van der Waals surface area contributed by atoms with Gasteiger partial charge >= 0.3 is 6.36 Å². The average Bonchev–Trinajstić information content (AvgIpc) is 2.14. The summed E-state index contributed by atoms with van der Waals surface area (Å²) in [4.78, 5) is 23.7. The van der Waals surface area contributed by atoms with Crippen LogP contribution in [0.4, 0.5) is 13.2 Å². The van der Waals surface area contributed by atoms with E-state index < -0.39 is 23.2 Å². The van der Waals surface area contributed by atoms with Gasteiger partial charge in [-0.05, 0) is 0 Å². The number of pyridine rings is 1. The molecule has 0 fully saturated rings. The molecule has 16 heavy (non-hydrogen) atoms. The van der Waals surface area contributed by atoms with Crippen LogP contribution in [0.2, 0.25) is 0 Å². The molecule has 1 rings (SSSR count). The zero-order chi connectivity index (χ0) is 12.3. The highest BCUT2D eigenvalue weighted by atomic mass is 35.5. The minimum atomic E-state index is -4.98. The molecule has 0 aromatic carbocycles. The molecule has 0 atom stereocenters. The number of aromatic nitrogens is 1. The lowest BCUT2D eigenvalue weighted by Crippen LogP contribution is -2.21. The predicted molar refractivity (Wildman–Crippen MR) is 48.7 cm³/mol. The highest BCUT2D eigenvalue weighted by molar-refractivity contribution is 6.17. The van der Waals surface area contributed by atoms with Crippen LogP contribution in [0.3, 0.4) is 0 Å². The molecule has 0 aliphatic carbocycles. The van der Waals surface area contributed by atoms with Gasteiger partial charge in [0.2, 0.25) is 0 Å². The van der Waals surface area contributed by atoms with E-state index in [1.807, 2.05) is 0 Å². The van der Waals surface area contributed by atoms with Crippen LogP contribution in [0.25, 0.3) is 0 Å². The summed E-state index contributed by atoms with van der Waals surface area (Å²) < 4.78 is 39.4.